The normalized spacial score (nSPS) is 11.7. The van der Waals surface area contributed by atoms with E-state index in [4.69, 9.17) is 26.3 Å². The Morgan fingerprint density at radius 3 is 1.16 bits per heavy atom. The highest BCUT2D eigenvalue weighted by Crippen LogP contribution is 2.53. The molecular formula is C123H95F2N10+5. The summed E-state index contributed by atoms with van der Waals surface area (Å²) in [5.74, 6) is -0.641. The molecule has 0 aliphatic heterocycles. The molecule has 0 N–H and O–H groups in total. The molecule has 23 rings (SSSR count). The van der Waals surface area contributed by atoms with Gasteiger partial charge in [-0.3, -0.25) is 0 Å². The van der Waals surface area contributed by atoms with E-state index in [-0.39, 0.29) is 11.5 Å². The first-order valence-corrected chi connectivity index (χ1v) is 45.3. The van der Waals surface area contributed by atoms with Gasteiger partial charge in [0.05, 0.1) is 65.7 Å². The van der Waals surface area contributed by atoms with Gasteiger partial charge in [0.2, 0.25) is 34.2 Å². The molecule has 0 amide bonds. The average Bonchev–Trinajstić information content (AvgIpc) is 1.64. The molecule has 12 heteroatoms. The van der Waals surface area contributed by atoms with Crippen LogP contribution in [0.3, 0.4) is 0 Å². The lowest BCUT2D eigenvalue weighted by Crippen LogP contribution is -2.31. The van der Waals surface area contributed by atoms with Crippen molar-refractivity contribution in [2.24, 2.45) is 35.2 Å². The van der Waals surface area contributed by atoms with Crippen LogP contribution in [0.25, 0.3) is 165 Å². The van der Waals surface area contributed by atoms with E-state index >= 15 is 0 Å². The second-order valence-corrected chi connectivity index (χ2v) is 35.5. The van der Waals surface area contributed by atoms with Gasteiger partial charge < -0.3 is 0 Å². The smallest absolute Gasteiger partial charge is 0.222 e. The first-order chi connectivity index (χ1) is 65.7. The Balaban J connectivity index is 0.000000109. The van der Waals surface area contributed by atoms with Gasteiger partial charge in [0.1, 0.15) is 46.9 Å². The molecular weight excluding hydrogens is 1660 g/mol. The molecule has 5 aliphatic rings. The Morgan fingerprint density at radius 2 is 0.652 bits per heavy atom. The number of benzene rings is 13. The van der Waals surface area contributed by atoms with Crippen molar-refractivity contribution in [3.05, 3.63) is 481 Å². The molecule has 10 nitrogen and oxygen atoms in total. The second-order valence-electron chi connectivity index (χ2n) is 35.5. The molecule has 0 saturated carbocycles. The maximum absolute atomic E-state index is 14.3. The summed E-state index contributed by atoms with van der Waals surface area (Å²) in [6, 6.07) is 105. The largest absolute Gasteiger partial charge is 0.238 e. The third-order valence-electron chi connectivity index (χ3n) is 27.3. The van der Waals surface area contributed by atoms with Crippen LogP contribution in [0.1, 0.15) is 89.0 Å². The molecule has 5 aliphatic carbocycles. The van der Waals surface area contributed by atoms with Crippen molar-refractivity contribution in [2.45, 2.75) is 66.7 Å². The minimum atomic E-state index is -0.441. The summed E-state index contributed by atoms with van der Waals surface area (Å²) >= 11 is 0. The van der Waals surface area contributed by atoms with E-state index in [1.54, 1.807) is 12.1 Å². The molecule has 5 heterocycles. The number of aromatic nitrogens is 5. The van der Waals surface area contributed by atoms with Gasteiger partial charge in [0, 0.05) is 78.2 Å². The van der Waals surface area contributed by atoms with E-state index in [1.807, 2.05) is 106 Å². The fraction of sp³-hybridized carbons (Fsp3) is 0.122. The zero-order valence-corrected chi connectivity index (χ0v) is 77.0. The number of pyridine rings is 5. The summed E-state index contributed by atoms with van der Waals surface area (Å²) in [7, 11) is 10.4. The standard InChI is InChI=1S/3C27H21N2.2C21H16FN2/c1-18-15-23(19-9-5-4-6-10-19)27-22-13-12-21(28-2)16-20(22)17-24(27)26(18)25-11-7-8-14-29(25)3;1-18-12-13-22-21-10-7-11-25(28-2)23(21)17-24(22)27(18)26-16-20(14-15-29(26)3)19-8-5-4-6-9-19;1-18-9-11-24-23-12-10-22(28-2)15-21(23)16-25(24)27(18)26-17-20(13-14-29(26)3)19-7-5-4-6-8-19;1-13-7-8-15-16-12-18(22)19(23-2)11-14(16)10-17(15)21(13)20-6-4-5-9-24(20)3;1-13-10-14(12-23)21-15-6-5-7-18(22)16(15)11-17(21)20(13)19-8-3-4-9-24(19)2/h2*4-16H,17H2,1,3H3;4-15,17H,16H2,1,3H3;4-9,11-12H,10H2,1,3H3;3-10H,11H2,1-2H3/q5*+1. The van der Waals surface area contributed by atoms with Gasteiger partial charge in [-0.2, -0.15) is 5.26 Å². The monoisotopic (exact) mass is 1750 g/mol. The molecule has 0 fully saturated rings. The minimum absolute atomic E-state index is 0.102. The van der Waals surface area contributed by atoms with Gasteiger partial charge in [0.25, 0.3) is 0 Å². The number of nitrogens with zero attached hydrogens (tertiary/aromatic N) is 10. The summed E-state index contributed by atoms with van der Waals surface area (Å²) in [5, 5.41) is 9.59. The summed E-state index contributed by atoms with van der Waals surface area (Å²) in [4.78, 5) is 14.3. The van der Waals surface area contributed by atoms with Crippen LogP contribution in [-0.4, -0.2) is 0 Å². The lowest BCUT2D eigenvalue weighted by atomic mass is 9.87. The summed E-state index contributed by atoms with van der Waals surface area (Å²) in [5.41, 5.74) is 51.5. The molecule has 5 aromatic heterocycles. The van der Waals surface area contributed by atoms with Crippen molar-refractivity contribution in [3.8, 4) is 151 Å². The predicted octanol–water partition coefficient (Wildman–Crippen LogP) is 27.6. The minimum Gasteiger partial charge on any atom is -0.238 e. The Labute approximate surface area is 788 Å². The first kappa shape index (κ1) is 87.3. The summed E-state index contributed by atoms with van der Waals surface area (Å²) in [6.45, 7) is 40.1. The number of nitriles is 1. The highest BCUT2D eigenvalue weighted by atomic mass is 19.1. The maximum Gasteiger partial charge on any atom is 0.222 e. The lowest BCUT2D eigenvalue weighted by molar-refractivity contribution is -0.660. The fourth-order valence-corrected chi connectivity index (χ4v) is 20.9. The fourth-order valence-electron chi connectivity index (χ4n) is 20.9. The van der Waals surface area contributed by atoms with Crippen molar-refractivity contribution < 1.29 is 31.6 Å². The Kier molecular flexibility index (Phi) is 23.7. The van der Waals surface area contributed by atoms with Crippen LogP contribution in [0.2, 0.25) is 0 Å². The van der Waals surface area contributed by atoms with E-state index in [2.05, 4.69) is 322 Å². The van der Waals surface area contributed by atoms with Gasteiger partial charge >= 0.3 is 0 Å². The van der Waals surface area contributed by atoms with Gasteiger partial charge in [-0.1, -0.05) is 194 Å². The molecule has 0 unspecified atom stereocenters. The molecule has 0 radical (unpaired) electrons. The molecule has 0 saturated heterocycles. The number of aryl methyl sites for hydroxylation is 10. The molecule has 0 atom stereocenters. The summed E-state index contributed by atoms with van der Waals surface area (Å²) in [6.07, 6.45) is 14.2. The number of hydrogen-bond donors (Lipinski definition) is 0. The van der Waals surface area contributed by atoms with Crippen LogP contribution < -0.4 is 22.8 Å². The van der Waals surface area contributed by atoms with Crippen molar-refractivity contribution in [3.63, 3.8) is 0 Å². The number of fused-ring (bicyclic) bond motifs is 15. The SMILES string of the molecule is Cc1cc(C#N)c2c(c1-c1cccc[n+]1C)Cc1c(F)cccc1-2.[C-]#[N+]c1cc2c(cc1F)-c1ccc(C)c(-c3cccc[n+]3C)c1C2.[C-]#[N+]c1ccc2c(c1)Cc1c(-c3cccc[n+]3C)c(C)cc(-c3ccccc3)c1-2.[C-]#[N+]c1ccc2c(c1)Cc1c-2ccc(C)c1-c1cc(-c2ccccc2)cc[n+]1C.[C-]#[N+]c1cccc2c1Cc1c-2ccc(C)c1-c1cc(-c2ccccc2)cc[n+]1C. The third-order valence-corrected chi connectivity index (χ3v) is 27.3. The second kappa shape index (κ2) is 36.7. The average molecular weight is 1750 g/mol. The van der Waals surface area contributed by atoms with Crippen LogP contribution in [0.4, 0.5) is 31.5 Å². The number of hydrogen-bond acceptors (Lipinski definition) is 1. The quantitative estimate of drug-likeness (QED) is 0.110. The van der Waals surface area contributed by atoms with Crippen LogP contribution in [-0.2, 0) is 67.3 Å². The van der Waals surface area contributed by atoms with Crippen molar-refractivity contribution >= 4 is 22.7 Å². The number of halogens is 2. The van der Waals surface area contributed by atoms with Crippen LogP contribution in [0.5, 0.6) is 0 Å². The van der Waals surface area contributed by atoms with Crippen molar-refractivity contribution in [1.29, 1.82) is 5.26 Å². The topological polar surface area (TPSA) is 60.6 Å². The molecule has 18 aromatic rings. The van der Waals surface area contributed by atoms with Crippen LogP contribution in [0.15, 0.2) is 334 Å². The Bertz CT molecular complexity index is 8150. The van der Waals surface area contributed by atoms with E-state index < -0.39 is 5.82 Å². The molecule has 13 aromatic carbocycles. The van der Waals surface area contributed by atoms with Crippen molar-refractivity contribution in [1.82, 2.24) is 0 Å². The number of rotatable bonds is 8. The van der Waals surface area contributed by atoms with Gasteiger partial charge in [0.15, 0.2) is 48.0 Å². The Morgan fingerprint density at radius 1 is 0.252 bits per heavy atom. The van der Waals surface area contributed by atoms with Gasteiger partial charge in [-0.15, -0.1) is 0 Å². The van der Waals surface area contributed by atoms with Gasteiger partial charge in [-0.25, -0.2) is 51.0 Å². The predicted molar refractivity (Wildman–Crippen MR) is 536 cm³/mol. The van der Waals surface area contributed by atoms with E-state index in [0.717, 1.165) is 92.8 Å². The van der Waals surface area contributed by atoms with Crippen LogP contribution >= 0.6 is 0 Å². The van der Waals surface area contributed by atoms with E-state index in [1.165, 1.54) is 174 Å². The Hall–Kier alpha value is -17.1. The van der Waals surface area contributed by atoms with E-state index in [0.29, 0.717) is 28.9 Å². The maximum atomic E-state index is 14.3. The zero-order chi connectivity index (χ0) is 93.6. The molecule has 0 spiro atoms. The van der Waals surface area contributed by atoms with Crippen molar-refractivity contribution in [2.75, 3.05) is 0 Å². The van der Waals surface area contributed by atoms with Crippen LogP contribution in [0, 0.1) is 83.9 Å². The first-order valence-electron chi connectivity index (χ1n) is 45.3. The lowest BCUT2D eigenvalue weighted by Gasteiger charge is -2.16. The highest BCUT2D eigenvalue weighted by molar-refractivity contribution is 5.97. The third kappa shape index (κ3) is 16.2. The highest BCUT2D eigenvalue weighted by Gasteiger charge is 2.36. The molecule has 135 heavy (non-hydrogen) atoms. The molecule has 646 valence electrons. The molecule has 0 bridgehead atoms. The zero-order valence-electron chi connectivity index (χ0n) is 77.0. The van der Waals surface area contributed by atoms with E-state index in [9.17, 15) is 14.0 Å². The summed E-state index contributed by atoms with van der Waals surface area (Å²) < 4.78 is 39.2. The van der Waals surface area contributed by atoms with Gasteiger partial charge in [-0.05, 0) is 270 Å².